The first-order chi connectivity index (χ1) is 15.4. The molecule has 0 radical (unpaired) electrons. The molecule has 168 valence electrons. The summed E-state index contributed by atoms with van der Waals surface area (Å²) in [5, 5.41) is 13.6. The highest BCUT2D eigenvalue weighted by atomic mass is 32.2. The van der Waals surface area contributed by atoms with Gasteiger partial charge < -0.3 is 15.2 Å². The number of aromatic nitrogens is 3. The molecule has 0 spiro atoms. The van der Waals surface area contributed by atoms with E-state index in [-0.39, 0.29) is 23.6 Å². The zero-order chi connectivity index (χ0) is 22.7. The molecule has 32 heavy (non-hydrogen) atoms. The molecular formula is C23H27N5O3S. The molecule has 8 nitrogen and oxygen atoms in total. The van der Waals surface area contributed by atoms with E-state index in [1.165, 1.54) is 22.9 Å². The molecule has 1 aromatic carbocycles. The summed E-state index contributed by atoms with van der Waals surface area (Å²) in [4.78, 5) is 25.0. The van der Waals surface area contributed by atoms with Gasteiger partial charge in [0.15, 0.2) is 5.82 Å². The van der Waals surface area contributed by atoms with Crippen molar-refractivity contribution in [1.82, 2.24) is 14.9 Å². The number of carbonyl (C=O) groups is 2. The fourth-order valence-corrected chi connectivity index (χ4v) is 4.60. The molecule has 3 aromatic rings. The second-order valence-electron chi connectivity index (χ2n) is 8.04. The van der Waals surface area contributed by atoms with Crippen LogP contribution >= 0.6 is 11.8 Å². The number of carbonyl (C=O) groups excluding carboxylic acids is 2. The maximum Gasteiger partial charge on any atom is 0.238 e. The Kier molecular flexibility index (Phi) is 6.64. The Bertz CT molecular complexity index is 1120. The molecule has 0 bridgehead atoms. The molecule has 0 saturated carbocycles. The first-order valence-corrected chi connectivity index (χ1v) is 11.7. The van der Waals surface area contributed by atoms with Crippen LogP contribution in [0.5, 0.6) is 0 Å². The Hall–Kier alpha value is -3.07. The van der Waals surface area contributed by atoms with Crippen molar-refractivity contribution in [3.8, 4) is 0 Å². The van der Waals surface area contributed by atoms with Gasteiger partial charge in [-0.05, 0) is 51.2 Å². The fraction of sp³-hybridized carbons (Fsp3) is 0.391. The van der Waals surface area contributed by atoms with Crippen molar-refractivity contribution in [2.24, 2.45) is 0 Å². The van der Waals surface area contributed by atoms with Crippen molar-refractivity contribution in [2.75, 3.05) is 16.4 Å². The lowest BCUT2D eigenvalue weighted by Gasteiger charge is -2.27. The maximum atomic E-state index is 12.7. The van der Waals surface area contributed by atoms with Gasteiger partial charge in [-0.25, -0.2) is 4.68 Å². The monoisotopic (exact) mass is 453 g/mol. The number of hydrogen-bond acceptors (Lipinski definition) is 6. The van der Waals surface area contributed by atoms with Crippen molar-refractivity contribution in [1.29, 1.82) is 0 Å². The molecule has 1 aliphatic rings. The third-order valence-corrected chi connectivity index (χ3v) is 6.73. The Labute approximate surface area is 191 Å². The van der Waals surface area contributed by atoms with Crippen LogP contribution < -0.4 is 10.6 Å². The molecule has 0 fully saturated rings. The molecule has 2 aromatic heterocycles. The van der Waals surface area contributed by atoms with Gasteiger partial charge in [0.05, 0.1) is 23.2 Å². The molecule has 2 unspecified atom stereocenters. The summed E-state index contributed by atoms with van der Waals surface area (Å²) in [6.07, 6.45) is 4.92. The molecular weight excluding hydrogens is 426 g/mol. The van der Waals surface area contributed by atoms with Crippen LogP contribution in [-0.2, 0) is 16.0 Å². The maximum absolute atomic E-state index is 12.7. The summed E-state index contributed by atoms with van der Waals surface area (Å²) in [6, 6.07) is 10.2. The van der Waals surface area contributed by atoms with Gasteiger partial charge in [0.25, 0.3) is 0 Å². The van der Waals surface area contributed by atoms with Crippen LogP contribution in [0.1, 0.15) is 48.3 Å². The van der Waals surface area contributed by atoms with Gasteiger partial charge in [-0.2, -0.15) is 5.10 Å². The Morgan fingerprint density at radius 1 is 1.28 bits per heavy atom. The molecule has 2 amide bonds. The minimum Gasteiger partial charge on any atom is -0.360 e. The van der Waals surface area contributed by atoms with Gasteiger partial charge in [-0.3, -0.25) is 9.59 Å². The fourth-order valence-electron chi connectivity index (χ4n) is 3.92. The molecule has 0 saturated heterocycles. The van der Waals surface area contributed by atoms with Gasteiger partial charge >= 0.3 is 0 Å². The first-order valence-electron chi connectivity index (χ1n) is 10.7. The van der Waals surface area contributed by atoms with Gasteiger partial charge in [0.1, 0.15) is 11.6 Å². The lowest BCUT2D eigenvalue weighted by Crippen LogP contribution is -2.26. The molecule has 2 N–H and O–H groups in total. The lowest BCUT2D eigenvalue weighted by molar-refractivity contribution is -0.115. The second kappa shape index (κ2) is 9.60. The number of benzene rings is 1. The van der Waals surface area contributed by atoms with Crippen molar-refractivity contribution < 1.29 is 14.1 Å². The van der Waals surface area contributed by atoms with Crippen LogP contribution in [0.4, 0.5) is 11.6 Å². The zero-order valence-electron chi connectivity index (χ0n) is 18.4. The van der Waals surface area contributed by atoms with E-state index in [9.17, 15) is 9.59 Å². The molecule has 2 atom stereocenters. The van der Waals surface area contributed by atoms with Crippen molar-refractivity contribution in [3.05, 3.63) is 59.0 Å². The number of aryl methyl sites for hydroxylation is 3. The van der Waals surface area contributed by atoms with E-state index in [4.69, 9.17) is 4.52 Å². The predicted molar refractivity (Wildman–Crippen MR) is 125 cm³/mol. The smallest absolute Gasteiger partial charge is 0.238 e. The molecule has 2 heterocycles. The number of nitrogens with one attached hydrogen (secondary N) is 2. The minimum atomic E-state index is -0.422. The lowest BCUT2D eigenvalue weighted by atomic mass is 9.88. The standard InChI is InChI=1S/C23H27N5O3S/c1-14-12-24-28(19-10-6-8-17-7-4-5-9-18(17)19)22(14)26-21(29)13-32-16(3)23(30)25-20-11-15(2)31-27-20/h4-5,7,9,11-12,16,19H,6,8,10,13H2,1-3H3,(H,26,29)(H,25,27,30). The van der Waals surface area contributed by atoms with Crippen LogP contribution in [0.15, 0.2) is 41.1 Å². The summed E-state index contributed by atoms with van der Waals surface area (Å²) in [5.41, 5.74) is 3.52. The van der Waals surface area contributed by atoms with E-state index in [2.05, 4.69) is 45.2 Å². The van der Waals surface area contributed by atoms with Crippen LogP contribution in [-0.4, -0.2) is 37.8 Å². The quantitative estimate of drug-likeness (QED) is 0.558. The molecule has 4 rings (SSSR count). The average Bonchev–Trinajstić information content (AvgIpc) is 3.36. The number of nitrogens with zero attached hydrogens (tertiary/aromatic N) is 3. The van der Waals surface area contributed by atoms with Crippen molar-refractivity contribution in [3.63, 3.8) is 0 Å². The van der Waals surface area contributed by atoms with Gasteiger partial charge in [0.2, 0.25) is 11.8 Å². The average molecular weight is 454 g/mol. The topological polar surface area (TPSA) is 102 Å². The molecule has 1 aliphatic carbocycles. The largest absolute Gasteiger partial charge is 0.360 e. The Balaban J connectivity index is 1.38. The van der Waals surface area contributed by atoms with Crippen molar-refractivity contribution in [2.45, 2.75) is 51.3 Å². The number of thioether (sulfide) groups is 1. The number of amides is 2. The third kappa shape index (κ3) is 4.88. The van der Waals surface area contributed by atoms with Gasteiger partial charge in [-0.15, -0.1) is 11.8 Å². The predicted octanol–water partition coefficient (Wildman–Crippen LogP) is 4.11. The minimum absolute atomic E-state index is 0.104. The van der Waals surface area contributed by atoms with E-state index in [1.807, 2.05) is 11.6 Å². The van der Waals surface area contributed by atoms with E-state index in [0.717, 1.165) is 24.8 Å². The summed E-state index contributed by atoms with van der Waals surface area (Å²) < 4.78 is 6.88. The van der Waals surface area contributed by atoms with E-state index < -0.39 is 5.25 Å². The highest BCUT2D eigenvalue weighted by molar-refractivity contribution is 8.01. The van der Waals surface area contributed by atoms with Crippen molar-refractivity contribution >= 4 is 35.2 Å². The normalized spacial score (nSPS) is 16.3. The Morgan fingerprint density at radius 2 is 2.09 bits per heavy atom. The van der Waals surface area contributed by atoms with E-state index >= 15 is 0 Å². The first kappa shape index (κ1) is 22.1. The van der Waals surface area contributed by atoms with E-state index in [1.54, 1.807) is 26.1 Å². The number of hydrogen-bond donors (Lipinski definition) is 2. The number of fused-ring (bicyclic) bond motifs is 1. The van der Waals surface area contributed by atoms with E-state index in [0.29, 0.717) is 17.4 Å². The highest BCUT2D eigenvalue weighted by Crippen LogP contribution is 2.35. The van der Waals surface area contributed by atoms with Crippen LogP contribution in [0.2, 0.25) is 0 Å². The van der Waals surface area contributed by atoms with Gasteiger partial charge in [0, 0.05) is 11.6 Å². The van der Waals surface area contributed by atoms with Crippen LogP contribution in [0.25, 0.3) is 0 Å². The van der Waals surface area contributed by atoms with Crippen LogP contribution in [0, 0.1) is 13.8 Å². The summed E-state index contributed by atoms with van der Waals surface area (Å²) in [7, 11) is 0. The summed E-state index contributed by atoms with van der Waals surface area (Å²) in [6.45, 7) is 5.45. The molecule has 9 heteroatoms. The zero-order valence-corrected chi connectivity index (χ0v) is 19.2. The summed E-state index contributed by atoms with van der Waals surface area (Å²) in [5.74, 6) is 1.46. The van der Waals surface area contributed by atoms with Crippen LogP contribution in [0.3, 0.4) is 0 Å². The van der Waals surface area contributed by atoms with Gasteiger partial charge in [-0.1, -0.05) is 29.4 Å². The SMILES string of the molecule is Cc1cc(NC(=O)C(C)SCC(=O)Nc2c(C)cnn2C2CCCc3ccccc32)no1. The molecule has 0 aliphatic heterocycles. The third-order valence-electron chi connectivity index (χ3n) is 5.58. The second-order valence-corrected chi connectivity index (χ2v) is 9.37. The Morgan fingerprint density at radius 3 is 2.88 bits per heavy atom. The number of rotatable bonds is 7. The highest BCUT2D eigenvalue weighted by Gasteiger charge is 2.25. The number of anilines is 2. The summed E-state index contributed by atoms with van der Waals surface area (Å²) >= 11 is 1.26.